The Labute approximate surface area is 490 Å². The zero-order valence-corrected chi connectivity index (χ0v) is 52.1. The van der Waals surface area contributed by atoms with E-state index in [9.17, 15) is 19.5 Å². The molecule has 10 atom stereocenters. The maximum absolute atomic E-state index is 13.9. The predicted molar refractivity (Wildman–Crippen MR) is 320 cm³/mol. The van der Waals surface area contributed by atoms with Gasteiger partial charge in [-0.3, -0.25) is 4.79 Å². The van der Waals surface area contributed by atoms with Gasteiger partial charge in [0.2, 0.25) is 5.79 Å². The Morgan fingerprint density at radius 1 is 0.817 bits per heavy atom. The van der Waals surface area contributed by atoms with Gasteiger partial charge in [-0.15, -0.1) is 0 Å². The van der Waals surface area contributed by atoms with E-state index in [4.69, 9.17) is 51.8 Å². The van der Waals surface area contributed by atoms with E-state index in [-0.39, 0.29) is 49.1 Å². The van der Waals surface area contributed by atoms with Crippen LogP contribution in [-0.4, -0.2) is 120 Å². The van der Waals surface area contributed by atoms with Crippen molar-refractivity contribution in [3.63, 3.8) is 0 Å². The number of carboxylic acids is 1. The van der Waals surface area contributed by atoms with Crippen LogP contribution < -0.4 is 4.74 Å². The van der Waals surface area contributed by atoms with Crippen molar-refractivity contribution in [1.82, 2.24) is 0 Å². The summed E-state index contributed by atoms with van der Waals surface area (Å²) in [6, 6.07) is 17.5. The summed E-state index contributed by atoms with van der Waals surface area (Å²) >= 11 is 0. The topological polar surface area (TPSA) is 173 Å². The molecule has 15 nitrogen and oxygen atoms in total. The summed E-state index contributed by atoms with van der Waals surface area (Å²) in [5.41, 5.74) is 3.43. The van der Waals surface area contributed by atoms with E-state index in [1.165, 1.54) is 26.4 Å². The van der Waals surface area contributed by atoms with E-state index >= 15 is 0 Å². The third kappa shape index (κ3) is 20.9. The first-order valence-corrected chi connectivity index (χ1v) is 32.1. The molecule has 0 bridgehead atoms. The van der Waals surface area contributed by atoms with Crippen LogP contribution in [0.2, 0.25) is 18.1 Å². The SMILES string of the molecule is C=C1C[C@H](C[C@@H]2CC(=C)C[C@H](/C=C/C(C)(C)[C@]3(OC)O[C@H](C[C@@H](O[Si](C)(C)C(C)(C)C)[C@@H](C)OCOCc4ccccc4)C/C(=C\C(=O)OC)[C@@H]3OC(=O)/C=C/C=C/CCC)O2)O[C@H](C[C@H](CCC(=O)O)OCc2ccc(OC)cc2)C1. The Morgan fingerprint density at radius 2 is 1.49 bits per heavy atom. The second-order valence-corrected chi connectivity index (χ2v) is 28.9. The highest BCUT2D eigenvalue weighted by molar-refractivity contribution is 6.74. The lowest BCUT2D eigenvalue weighted by Crippen LogP contribution is -2.63. The molecule has 0 amide bonds. The summed E-state index contributed by atoms with van der Waals surface area (Å²) in [4.78, 5) is 39.0. The van der Waals surface area contributed by atoms with Crippen molar-refractivity contribution in [2.75, 3.05) is 28.1 Å². The largest absolute Gasteiger partial charge is 0.497 e. The first-order chi connectivity index (χ1) is 38.9. The van der Waals surface area contributed by atoms with E-state index in [2.05, 4.69) is 53.9 Å². The minimum atomic E-state index is -2.45. The Balaban J connectivity index is 1.42. The number of allylic oxidation sites excluding steroid dienone is 3. The molecule has 5 rings (SSSR count). The van der Waals surface area contributed by atoms with Crippen LogP contribution in [0, 0.1) is 5.41 Å². The quantitative estimate of drug-likeness (QED) is 0.0144. The highest BCUT2D eigenvalue weighted by Crippen LogP contribution is 2.50. The summed E-state index contributed by atoms with van der Waals surface area (Å²) < 4.78 is 70.4. The molecule has 0 aromatic heterocycles. The third-order valence-electron chi connectivity index (χ3n) is 16.1. The van der Waals surface area contributed by atoms with Crippen molar-refractivity contribution < 1.29 is 71.3 Å². The number of carbonyl (C=O) groups is 3. The van der Waals surface area contributed by atoms with Gasteiger partial charge in [-0.1, -0.05) is 145 Å². The van der Waals surface area contributed by atoms with Crippen molar-refractivity contribution in [2.24, 2.45) is 5.41 Å². The smallest absolute Gasteiger partial charge is 0.331 e. The molecule has 3 saturated heterocycles. The Morgan fingerprint density at radius 3 is 2.13 bits per heavy atom. The van der Waals surface area contributed by atoms with Crippen molar-refractivity contribution in [3.05, 3.63) is 138 Å². The lowest BCUT2D eigenvalue weighted by atomic mass is 9.73. The number of aliphatic carboxylic acids is 1. The maximum atomic E-state index is 13.9. The molecule has 82 heavy (non-hydrogen) atoms. The third-order valence-corrected chi connectivity index (χ3v) is 20.6. The molecule has 1 N–H and O–H groups in total. The highest BCUT2D eigenvalue weighted by atomic mass is 28.4. The number of methoxy groups -OCH3 is 3. The van der Waals surface area contributed by atoms with Gasteiger partial charge in [-0.2, -0.15) is 0 Å². The lowest BCUT2D eigenvalue weighted by Gasteiger charge is -2.53. The predicted octanol–water partition coefficient (Wildman–Crippen LogP) is 13.4. The summed E-state index contributed by atoms with van der Waals surface area (Å²) in [5, 5.41) is 9.44. The Hall–Kier alpha value is -5.01. The molecule has 3 aliphatic heterocycles. The van der Waals surface area contributed by atoms with Gasteiger partial charge in [-0.25, -0.2) is 9.59 Å². The highest BCUT2D eigenvalue weighted by Gasteiger charge is 2.59. The van der Waals surface area contributed by atoms with E-state index in [0.717, 1.165) is 40.9 Å². The monoisotopic (exact) mass is 1160 g/mol. The molecule has 0 saturated carbocycles. The standard InChI is InChI=1S/C66H96O15Si/c1-15-16-17-18-22-25-61(69)79-63-51(39-62(70)72-11)38-58(42-59(81-82(13,14)64(5,6)7)48(4)76-45-74-43-49-23-20-19-21-24-49)80-66(63,73-12)65(8,9)33-32-54-34-46(2)35-56(77-54)41-57-37-47(3)36-55(78-57)40-53(30-31-60(67)68)75-44-50-26-28-52(71-10)29-27-50/h17-29,32-33,39,48,53-59,63H,2-3,15-16,30-31,34-38,40-45H2,1,4-14H3,(H,67,68)/b18-17+,25-22+,33-32+,51-39+/t48-,53+,54+,55+,56+,57-,58+,59-,63+,66-/m1/s1. The number of carbonyl (C=O) groups excluding carboxylic acids is 2. The fourth-order valence-electron chi connectivity index (χ4n) is 10.5. The van der Waals surface area contributed by atoms with E-state index in [1.54, 1.807) is 19.3 Å². The van der Waals surface area contributed by atoms with Crippen molar-refractivity contribution in [2.45, 2.75) is 218 Å². The molecule has 16 heteroatoms. The average Bonchev–Trinajstić information content (AvgIpc) is 1.60. The molecule has 454 valence electrons. The van der Waals surface area contributed by atoms with Crippen LogP contribution in [0.15, 0.2) is 127 Å². The molecule has 2 aromatic rings. The molecular formula is C66H96O15Si. The van der Waals surface area contributed by atoms with Crippen LogP contribution in [0.1, 0.15) is 137 Å². The molecule has 0 radical (unpaired) electrons. The molecule has 0 spiro atoms. The first kappa shape index (κ1) is 67.8. The van der Waals surface area contributed by atoms with Crippen molar-refractivity contribution >= 4 is 26.2 Å². The van der Waals surface area contributed by atoms with Crippen LogP contribution in [0.25, 0.3) is 0 Å². The molecular weight excluding hydrogens is 1060 g/mol. The summed E-state index contributed by atoms with van der Waals surface area (Å²) in [7, 11) is 2.01. The van der Waals surface area contributed by atoms with E-state index < -0.39 is 67.9 Å². The van der Waals surface area contributed by atoms with Crippen molar-refractivity contribution in [1.29, 1.82) is 0 Å². The maximum Gasteiger partial charge on any atom is 0.331 e. The fourth-order valence-corrected chi connectivity index (χ4v) is 11.9. The minimum Gasteiger partial charge on any atom is -0.497 e. The lowest BCUT2D eigenvalue weighted by molar-refractivity contribution is -0.338. The van der Waals surface area contributed by atoms with Gasteiger partial charge in [0, 0.05) is 50.4 Å². The second-order valence-electron chi connectivity index (χ2n) is 24.2. The molecule has 0 aliphatic carbocycles. The van der Waals surface area contributed by atoms with Gasteiger partial charge < -0.3 is 56.9 Å². The number of hydrogen-bond acceptors (Lipinski definition) is 14. The minimum absolute atomic E-state index is 0.0220. The van der Waals surface area contributed by atoms with Crippen LogP contribution in [-0.2, 0) is 74.7 Å². The van der Waals surface area contributed by atoms with Gasteiger partial charge in [0.1, 0.15) is 12.5 Å². The summed E-state index contributed by atoms with van der Waals surface area (Å²) in [6.45, 7) is 28.5. The van der Waals surface area contributed by atoms with E-state index in [1.807, 2.05) is 93.6 Å². The van der Waals surface area contributed by atoms with Gasteiger partial charge in [0.15, 0.2) is 14.4 Å². The van der Waals surface area contributed by atoms with Gasteiger partial charge in [-0.05, 0) is 98.8 Å². The van der Waals surface area contributed by atoms with Crippen LogP contribution in [0.4, 0.5) is 0 Å². The van der Waals surface area contributed by atoms with Crippen LogP contribution in [0.5, 0.6) is 5.75 Å². The van der Waals surface area contributed by atoms with Crippen LogP contribution >= 0.6 is 0 Å². The first-order valence-electron chi connectivity index (χ1n) is 29.2. The van der Waals surface area contributed by atoms with Crippen molar-refractivity contribution in [3.8, 4) is 5.75 Å². The molecule has 3 aliphatic rings. The normalized spacial score (nSPS) is 24.7. The van der Waals surface area contributed by atoms with Crippen LogP contribution in [0.3, 0.4) is 0 Å². The summed E-state index contributed by atoms with van der Waals surface area (Å²) in [6.07, 6.45) is 14.2. The number of carboxylic acid groups (broad SMARTS) is 1. The Kier molecular flexibility index (Phi) is 26.7. The average molecular weight is 1160 g/mol. The van der Waals surface area contributed by atoms with Gasteiger partial charge >= 0.3 is 17.9 Å². The number of esters is 2. The number of unbranched alkanes of at least 4 members (excludes halogenated alkanes) is 1. The summed E-state index contributed by atoms with van der Waals surface area (Å²) in [5.74, 6) is -3.13. The zero-order valence-electron chi connectivity index (χ0n) is 51.1. The number of benzene rings is 2. The van der Waals surface area contributed by atoms with Gasteiger partial charge in [0.05, 0.1) is 76.3 Å². The second kappa shape index (κ2) is 32.3. The van der Waals surface area contributed by atoms with E-state index in [0.29, 0.717) is 70.2 Å². The Bertz CT molecular complexity index is 2470. The zero-order chi connectivity index (χ0) is 60.1. The molecule has 3 heterocycles. The fraction of sp³-hybridized carbons (Fsp3) is 0.591. The molecule has 3 fully saturated rings. The molecule has 0 unspecified atom stereocenters. The molecule has 2 aromatic carbocycles. The van der Waals surface area contributed by atoms with Gasteiger partial charge in [0.25, 0.3) is 0 Å². The number of rotatable bonds is 31. The number of hydrogen-bond donors (Lipinski definition) is 1. The number of ether oxygens (including phenoxy) is 10.